The number of carbonyl (C=O) groups excluding carboxylic acids is 1. The van der Waals surface area contributed by atoms with Crippen molar-refractivity contribution in [3.05, 3.63) is 48.1 Å². The molecule has 3 saturated carbocycles. The second kappa shape index (κ2) is 18.4. The summed E-state index contributed by atoms with van der Waals surface area (Å²) in [5, 5.41) is 0. The molecule has 2 nitrogen and oxygen atoms in total. The van der Waals surface area contributed by atoms with Gasteiger partial charge in [-0.25, -0.2) is 0 Å². The van der Waals surface area contributed by atoms with Gasteiger partial charge >= 0.3 is 5.97 Å². The summed E-state index contributed by atoms with van der Waals surface area (Å²) in [5.41, 5.74) is 2.43. The van der Waals surface area contributed by atoms with E-state index in [4.69, 9.17) is 4.74 Å². The van der Waals surface area contributed by atoms with Gasteiger partial charge < -0.3 is 4.74 Å². The molecule has 47 heavy (non-hydrogen) atoms. The summed E-state index contributed by atoms with van der Waals surface area (Å²) >= 11 is 0. The van der Waals surface area contributed by atoms with Crippen LogP contribution in [0.25, 0.3) is 0 Å². The van der Waals surface area contributed by atoms with Crippen LogP contribution in [0.2, 0.25) is 0 Å². The fraction of sp³-hybridized carbons (Fsp3) is 0.800. The molecule has 0 heterocycles. The number of unbranched alkanes of at least 4 members (excludes halogenated alkanes) is 7. The van der Waals surface area contributed by atoms with E-state index in [1.807, 2.05) is 0 Å². The highest BCUT2D eigenvalue weighted by Gasteiger charge is 2.59. The average molecular weight is 647 g/mol. The Morgan fingerprint density at radius 1 is 0.851 bits per heavy atom. The molecule has 0 aromatic carbocycles. The predicted octanol–water partition coefficient (Wildman–Crippen LogP) is 13.4. The molecule has 9 unspecified atom stereocenters. The molecule has 0 saturated heterocycles. The molecule has 0 radical (unpaired) electrons. The Hall–Kier alpha value is -1.57. The standard InChI is InChI=1S/C45H74O2/c1-8-9-10-11-12-13-14-15-16-17-18-19-20-21-22-43(46)47-38-29-31-44(6)37(33-38)25-26-39-41-28-27-40(45(41,7)32-30-42(39)44)36(5)24-23-35(4)34(2)3/h9-10,12-13,23-25,34-36,38-42H,8,11,14-22,26-33H2,1-7H3/b10-9+,13-12+,24-23+. The quantitative estimate of drug-likeness (QED) is 0.0841. The van der Waals surface area contributed by atoms with Gasteiger partial charge in [0.05, 0.1) is 0 Å². The second-order valence-electron chi connectivity index (χ2n) is 17.3. The van der Waals surface area contributed by atoms with Crippen LogP contribution >= 0.6 is 0 Å². The maximum atomic E-state index is 12.8. The van der Waals surface area contributed by atoms with Crippen molar-refractivity contribution in [2.75, 3.05) is 0 Å². The van der Waals surface area contributed by atoms with Gasteiger partial charge in [-0.3, -0.25) is 4.79 Å². The Morgan fingerprint density at radius 2 is 1.57 bits per heavy atom. The summed E-state index contributed by atoms with van der Waals surface area (Å²) in [5.74, 6) is 5.45. The molecular formula is C45H74O2. The molecule has 0 aromatic rings. The van der Waals surface area contributed by atoms with E-state index in [1.165, 1.54) is 77.0 Å². The van der Waals surface area contributed by atoms with Crippen molar-refractivity contribution in [3.8, 4) is 0 Å². The molecule has 0 spiro atoms. The lowest BCUT2D eigenvalue weighted by Gasteiger charge is -2.58. The Kier molecular flexibility index (Phi) is 15.0. The Bertz CT molecular complexity index is 1080. The van der Waals surface area contributed by atoms with E-state index in [2.05, 4.69) is 91.0 Å². The number of ether oxygens (including phenoxy) is 1. The van der Waals surface area contributed by atoms with Gasteiger partial charge in [0, 0.05) is 12.8 Å². The van der Waals surface area contributed by atoms with Crippen LogP contribution in [-0.2, 0) is 9.53 Å². The SMILES string of the molecule is CC/C=C/C/C=C/CCCCCCCCCC(=O)OC1CCC2(C)C(=CCC3C2CCC2(C)C(C(C)/C=C/C(C)C(C)C)CCC32)C1. The Morgan fingerprint density at radius 3 is 2.32 bits per heavy atom. The minimum Gasteiger partial charge on any atom is -0.462 e. The molecule has 0 bridgehead atoms. The van der Waals surface area contributed by atoms with Crippen molar-refractivity contribution in [2.24, 2.45) is 52.3 Å². The number of fused-ring (bicyclic) bond motifs is 5. The highest BCUT2D eigenvalue weighted by Crippen LogP contribution is 2.67. The van der Waals surface area contributed by atoms with Gasteiger partial charge in [-0.05, 0) is 129 Å². The van der Waals surface area contributed by atoms with Crippen LogP contribution in [0.15, 0.2) is 48.1 Å². The van der Waals surface area contributed by atoms with E-state index in [0.29, 0.717) is 29.1 Å². The first-order chi connectivity index (χ1) is 22.6. The van der Waals surface area contributed by atoms with Crippen LogP contribution in [0.5, 0.6) is 0 Å². The number of rotatable bonds is 18. The van der Waals surface area contributed by atoms with Crippen molar-refractivity contribution >= 4 is 5.97 Å². The highest BCUT2D eigenvalue weighted by atomic mass is 16.5. The molecule has 0 aromatic heterocycles. The number of esters is 1. The van der Waals surface area contributed by atoms with Gasteiger partial charge in [0.1, 0.15) is 6.10 Å². The average Bonchev–Trinajstić information content (AvgIpc) is 3.41. The zero-order chi connectivity index (χ0) is 33.9. The van der Waals surface area contributed by atoms with Crippen molar-refractivity contribution in [3.63, 3.8) is 0 Å². The maximum absolute atomic E-state index is 12.8. The third kappa shape index (κ3) is 10.0. The topological polar surface area (TPSA) is 26.3 Å². The van der Waals surface area contributed by atoms with Crippen LogP contribution < -0.4 is 0 Å². The van der Waals surface area contributed by atoms with Crippen LogP contribution in [0, 0.1) is 52.3 Å². The summed E-state index contributed by atoms with van der Waals surface area (Å²) in [6.45, 7) is 17.0. The first kappa shape index (κ1) is 38.2. The maximum Gasteiger partial charge on any atom is 0.306 e. The normalized spacial score (nSPS) is 33.6. The predicted molar refractivity (Wildman–Crippen MR) is 202 cm³/mol. The van der Waals surface area contributed by atoms with Gasteiger partial charge in [0.25, 0.3) is 0 Å². The second-order valence-corrected chi connectivity index (χ2v) is 17.3. The Balaban J connectivity index is 1.16. The van der Waals surface area contributed by atoms with E-state index in [9.17, 15) is 4.79 Å². The van der Waals surface area contributed by atoms with Crippen LogP contribution in [0.3, 0.4) is 0 Å². The molecule has 0 amide bonds. The minimum atomic E-state index is 0.0462. The van der Waals surface area contributed by atoms with Crippen molar-refractivity contribution in [1.82, 2.24) is 0 Å². The van der Waals surface area contributed by atoms with E-state index in [-0.39, 0.29) is 12.1 Å². The number of hydrogen-bond donors (Lipinski definition) is 0. The largest absolute Gasteiger partial charge is 0.462 e. The first-order valence-electron chi connectivity index (χ1n) is 20.5. The Labute approximate surface area is 291 Å². The monoisotopic (exact) mass is 647 g/mol. The lowest BCUT2D eigenvalue weighted by molar-refractivity contribution is -0.151. The smallest absolute Gasteiger partial charge is 0.306 e. The van der Waals surface area contributed by atoms with Crippen molar-refractivity contribution < 1.29 is 9.53 Å². The highest BCUT2D eigenvalue weighted by molar-refractivity contribution is 5.69. The number of carbonyl (C=O) groups is 1. The summed E-state index contributed by atoms with van der Waals surface area (Å²) in [6, 6.07) is 0. The van der Waals surface area contributed by atoms with Gasteiger partial charge in [-0.1, -0.05) is 129 Å². The van der Waals surface area contributed by atoms with Gasteiger partial charge in [-0.2, -0.15) is 0 Å². The molecule has 0 N–H and O–H groups in total. The molecule has 3 fully saturated rings. The lowest BCUT2D eigenvalue weighted by Crippen LogP contribution is -2.51. The molecule has 0 aliphatic heterocycles. The minimum absolute atomic E-state index is 0.0462. The zero-order valence-electron chi connectivity index (χ0n) is 31.9. The van der Waals surface area contributed by atoms with Gasteiger partial charge in [0.2, 0.25) is 0 Å². The van der Waals surface area contributed by atoms with E-state index < -0.39 is 0 Å². The van der Waals surface area contributed by atoms with Gasteiger partial charge in [-0.15, -0.1) is 0 Å². The molecule has 4 aliphatic carbocycles. The van der Waals surface area contributed by atoms with Crippen LogP contribution in [0.1, 0.15) is 170 Å². The molecular weight excluding hydrogens is 572 g/mol. The zero-order valence-corrected chi connectivity index (χ0v) is 31.9. The molecule has 2 heteroatoms. The fourth-order valence-electron chi connectivity index (χ4n) is 10.6. The molecule has 9 atom stereocenters. The summed E-state index contributed by atoms with van der Waals surface area (Å²) < 4.78 is 6.12. The van der Waals surface area contributed by atoms with Crippen LogP contribution in [0.4, 0.5) is 0 Å². The van der Waals surface area contributed by atoms with Crippen LogP contribution in [-0.4, -0.2) is 12.1 Å². The van der Waals surface area contributed by atoms with Crippen molar-refractivity contribution in [1.29, 1.82) is 0 Å². The lowest BCUT2D eigenvalue weighted by atomic mass is 9.47. The number of allylic oxidation sites excluding steroid dienone is 7. The van der Waals surface area contributed by atoms with E-state index in [0.717, 1.165) is 68.1 Å². The van der Waals surface area contributed by atoms with Crippen molar-refractivity contribution in [2.45, 2.75) is 177 Å². The summed E-state index contributed by atoms with van der Waals surface area (Å²) in [4.78, 5) is 12.8. The summed E-state index contributed by atoms with van der Waals surface area (Å²) in [7, 11) is 0. The molecule has 4 rings (SSSR count). The third-order valence-corrected chi connectivity index (χ3v) is 13.9. The molecule has 266 valence electrons. The van der Waals surface area contributed by atoms with E-state index in [1.54, 1.807) is 5.57 Å². The first-order valence-corrected chi connectivity index (χ1v) is 20.5. The summed E-state index contributed by atoms with van der Waals surface area (Å²) in [6.07, 6.45) is 39.7. The molecule has 4 aliphatic rings. The fourth-order valence-corrected chi connectivity index (χ4v) is 10.6. The third-order valence-electron chi connectivity index (χ3n) is 13.9. The van der Waals surface area contributed by atoms with Gasteiger partial charge in [0.15, 0.2) is 0 Å². The van der Waals surface area contributed by atoms with E-state index >= 15 is 0 Å². The number of hydrogen-bond acceptors (Lipinski definition) is 2.